The number of methoxy groups -OCH3 is 2. The van der Waals surface area contributed by atoms with Gasteiger partial charge < -0.3 is 20.5 Å². The first-order chi connectivity index (χ1) is 15.9. The van der Waals surface area contributed by atoms with Gasteiger partial charge in [-0.3, -0.25) is 15.0 Å². The van der Waals surface area contributed by atoms with Crippen molar-refractivity contribution in [3.8, 4) is 0 Å². The third kappa shape index (κ3) is 9.49. The Balaban J connectivity index is 0.000000512. The average molecular weight is 588 g/mol. The number of amidine groups is 2. The molecule has 1 atom stereocenters. The van der Waals surface area contributed by atoms with Gasteiger partial charge in [-0.1, -0.05) is 11.6 Å². The summed E-state index contributed by atoms with van der Waals surface area (Å²) in [6.07, 6.45) is 0. The second-order valence-corrected chi connectivity index (χ2v) is 8.59. The summed E-state index contributed by atoms with van der Waals surface area (Å²) in [6, 6.07) is 0. The number of halogens is 3. The summed E-state index contributed by atoms with van der Waals surface area (Å²) in [6.45, 7) is 3.62. The molecule has 2 amide bonds. The van der Waals surface area contributed by atoms with Crippen LogP contribution in [0.1, 0.15) is 21.1 Å². The molecule has 0 fully saturated rings. The van der Waals surface area contributed by atoms with E-state index in [2.05, 4.69) is 29.8 Å². The number of amides is 2. The van der Waals surface area contributed by atoms with E-state index in [-0.39, 0.29) is 24.1 Å². The van der Waals surface area contributed by atoms with Gasteiger partial charge in [-0.25, -0.2) is 19.6 Å². The molecule has 0 bridgehead atoms. The molecule has 192 valence electrons. The maximum atomic E-state index is 11.3. The third-order valence-corrected chi connectivity index (χ3v) is 6.32. The Hall–Kier alpha value is -2.65. The number of aromatic nitrogens is 2. The van der Waals surface area contributed by atoms with E-state index >= 15 is 0 Å². The minimum absolute atomic E-state index is 0. The SMILES string of the molecule is COC(=O)C(Cl)C(=O)OC.Cc1ncsc1C(=N)N.Cc1ncsc1C1=NC(=O)C(Cl)C(=O)N1.Cl. The number of hydrogen-bond acceptors (Lipinski definition) is 11. The molecular weight excluding hydrogens is 567 g/mol. The second kappa shape index (κ2) is 15.4. The highest BCUT2D eigenvalue weighted by Crippen LogP contribution is 2.16. The Morgan fingerprint density at radius 2 is 1.63 bits per heavy atom. The number of hydrogen-bond donors (Lipinski definition) is 3. The number of rotatable bonds is 4. The van der Waals surface area contributed by atoms with Gasteiger partial charge >= 0.3 is 11.9 Å². The number of nitrogens with one attached hydrogen (secondary N) is 2. The van der Waals surface area contributed by atoms with E-state index in [1.165, 1.54) is 22.7 Å². The van der Waals surface area contributed by atoms with Crippen LogP contribution in [0.2, 0.25) is 0 Å². The van der Waals surface area contributed by atoms with E-state index in [1.54, 1.807) is 17.9 Å². The summed E-state index contributed by atoms with van der Waals surface area (Å²) in [7, 11) is 2.28. The monoisotopic (exact) mass is 586 g/mol. The van der Waals surface area contributed by atoms with Crippen molar-refractivity contribution in [2.24, 2.45) is 10.7 Å². The van der Waals surface area contributed by atoms with E-state index in [1.807, 2.05) is 6.92 Å². The van der Waals surface area contributed by atoms with Gasteiger partial charge in [0.25, 0.3) is 11.8 Å². The molecule has 3 rings (SSSR count). The molecule has 1 unspecified atom stereocenters. The molecule has 0 spiro atoms. The summed E-state index contributed by atoms with van der Waals surface area (Å²) >= 11 is 13.4. The predicted octanol–water partition coefficient (Wildman–Crippen LogP) is 1.56. The molecule has 35 heavy (non-hydrogen) atoms. The predicted molar refractivity (Wildman–Crippen MR) is 135 cm³/mol. The highest BCUT2D eigenvalue weighted by Gasteiger charge is 2.31. The second-order valence-electron chi connectivity index (χ2n) is 6.01. The van der Waals surface area contributed by atoms with Crippen molar-refractivity contribution in [3.05, 3.63) is 32.2 Å². The molecule has 17 heteroatoms. The quantitative estimate of drug-likeness (QED) is 0.157. The van der Waals surface area contributed by atoms with Gasteiger partial charge in [-0.2, -0.15) is 4.99 Å². The number of nitrogen functional groups attached to an aromatic ring is 1. The number of nitrogens with two attached hydrogens (primary N) is 1. The fourth-order valence-electron chi connectivity index (χ4n) is 1.99. The van der Waals surface area contributed by atoms with Gasteiger partial charge in [-0.05, 0) is 13.8 Å². The van der Waals surface area contributed by atoms with E-state index in [9.17, 15) is 19.2 Å². The number of aliphatic imine (C=N–C) groups is 1. The molecule has 2 aromatic rings. The summed E-state index contributed by atoms with van der Waals surface area (Å²) in [5.74, 6) is -2.46. The average Bonchev–Trinajstić information content (AvgIpc) is 3.44. The van der Waals surface area contributed by atoms with Gasteiger partial charge in [0.1, 0.15) is 5.84 Å². The van der Waals surface area contributed by atoms with E-state index < -0.39 is 34.5 Å². The van der Waals surface area contributed by atoms with Crippen LogP contribution in [0, 0.1) is 19.3 Å². The standard InChI is InChI=1S/C8H6ClN3O2S.C5H7ClO4.C5H7N3S.ClH/c1-3-5(15-2-10-3)6-11-7(13)4(9)8(14)12-6;1-9-4(7)3(6)5(8)10-2;1-3-4(5(6)7)9-2-8-3;/h2,4H,1H3,(H,11,12,13,14);3H,1-2H3;2H,1H3,(H3,6,7);1H. The number of thiazole rings is 2. The largest absolute Gasteiger partial charge is 0.467 e. The smallest absolute Gasteiger partial charge is 0.335 e. The van der Waals surface area contributed by atoms with Crippen LogP contribution in [0.15, 0.2) is 16.0 Å². The van der Waals surface area contributed by atoms with Crippen LogP contribution < -0.4 is 11.1 Å². The maximum Gasteiger partial charge on any atom is 0.335 e. The molecule has 12 nitrogen and oxygen atoms in total. The number of nitrogens with zero attached hydrogens (tertiary/aromatic N) is 3. The van der Waals surface area contributed by atoms with Crippen LogP contribution in [0.5, 0.6) is 0 Å². The topological polar surface area (TPSA) is 187 Å². The van der Waals surface area contributed by atoms with Gasteiger partial charge in [0.05, 0.1) is 46.4 Å². The Morgan fingerprint density at radius 3 is 1.97 bits per heavy atom. The fraction of sp³-hybridized carbons (Fsp3) is 0.333. The normalized spacial score (nSPS) is 14.1. The molecule has 2 aromatic heterocycles. The first-order valence-electron chi connectivity index (χ1n) is 8.96. The summed E-state index contributed by atoms with van der Waals surface area (Å²) in [5.41, 5.74) is 10.1. The van der Waals surface area contributed by atoms with Crippen LogP contribution >= 0.6 is 58.3 Å². The summed E-state index contributed by atoms with van der Waals surface area (Å²) in [4.78, 5) is 56.5. The molecule has 0 saturated carbocycles. The molecule has 1 aliphatic heterocycles. The van der Waals surface area contributed by atoms with Crippen molar-refractivity contribution < 1.29 is 28.7 Å². The maximum absolute atomic E-state index is 11.3. The highest BCUT2D eigenvalue weighted by molar-refractivity contribution is 7.12. The summed E-state index contributed by atoms with van der Waals surface area (Å²) in [5, 5.41) is 6.94. The number of carbonyl (C=O) groups excluding carboxylic acids is 4. The molecule has 4 N–H and O–H groups in total. The zero-order valence-electron chi connectivity index (χ0n) is 18.7. The summed E-state index contributed by atoms with van der Waals surface area (Å²) < 4.78 is 8.33. The molecule has 0 aliphatic carbocycles. The van der Waals surface area contributed by atoms with Crippen molar-refractivity contribution in [2.75, 3.05) is 14.2 Å². The van der Waals surface area contributed by atoms with Gasteiger partial charge in [0.15, 0.2) is 11.2 Å². The van der Waals surface area contributed by atoms with Crippen LogP contribution in [-0.2, 0) is 28.7 Å². The highest BCUT2D eigenvalue weighted by atomic mass is 35.5. The van der Waals surface area contributed by atoms with Crippen LogP contribution in [0.25, 0.3) is 0 Å². The molecule has 3 heterocycles. The zero-order valence-corrected chi connectivity index (χ0v) is 22.6. The lowest BCUT2D eigenvalue weighted by Crippen LogP contribution is -2.45. The van der Waals surface area contributed by atoms with E-state index in [0.717, 1.165) is 30.5 Å². The van der Waals surface area contributed by atoms with Crippen molar-refractivity contribution in [3.63, 3.8) is 0 Å². The molecular formula is C18H21Cl3N6O6S2. The number of aryl methyl sites for hydroxylation is 2. The van der Waals surface area contributed by atoms with E-state index in [0.29, 0.717) is 4.88 Å². The number of carbonyl (C=O) groups is 4. The fourth-order valence-corrected chi connectivity index (χ4v) is 3.68. The Labute approximate surface area is 224 Å². The molecule has 1 aliphatic rings. The van der Waals surface area contributed by atoms with Crippen molar-refractivity contribution in [1.82, 2.24) is 15.3 Å². The molecule has 0 saturated heterocycles. The lowest BCUT2D eigenvalue weighted by Gasteiger charge is -2.14. The van der Waals surface area contributed by atoms with Crippen molar-refractivity contribution in [1.29, 1.82) is 5.41 Å². The zero-order chi connectivity index (χ0) is 26.0. The Kier molecular flexibility index (Phi) is 14.2. The lowest BCUT2D eigenvalue weighted by atomic mass is 10.3. The minimum atomic E-state index is -1.35. The lowest BCUT2D eigenvalue weighted by molar-refractivity contribution is -0.150. The number of alkyl halides is 2. The first-order valence-corrected chi connectivity index (χ1v) is 11.6. The number of esters is 2. The third-order valence-electron chi connectivity index (χ3n) is 3.68. The Morgan fingerprint density at radius 1 is 1.11 bits per heavy atom. The van der Waals surface area contributed by atoms with Crippen LogP contribution in [-0.4, -0.2) is 70.4 Å². The van der Waals surface area contributed by atoms with E-state index in [4.69, 9.17) is 34.3 Å². The van der Waals surface area contributed by atoms with Gasteiger partial charge in [0.2, 0.25) is 5.38 Å². The Bertz CT molecular complexity index is 1090. The van der Waals surface area contributed by atoms with Crippen LogP contribution in [0.4, 0.5) is 0 Å². The first kappa shape index (κ1) is 32.4. The van der Waals surface area contributed by atoms with Crippen LogP contribution in [0.3, 0.4) is 0 Å². The van der Waals surface area contributed by atoms with Crippen molar-refractivity contribution in [2.45, 2.75) is 24.6 Å². The van der Waals surface area contributed by atoms with Gasteiger partial charge in [0, 0.05) is 0 Å². The minimum Gasteiger partial charge on any atom is -0.467 e. The number of ether oxygens (including phenoxy) is 2. The van der Waals surface area contributed by atoms with Crippen molar-refractivity contribution >= 4 is 93.7 Å². The molecule has 0 radical (unpaired) electrons. The van der Waals surface area contributed by atoms with Gasteiger partial charge in [-0.15, -0.1) is 46.7 Å². The molecule has 0 aromatic carbocycles.